The standard InChI is InChI=1S/C11H10N2O2S/c1-6-2-4-7(5-3-6)8-9(10(14)15)16-11(12)13-8/h2-5H,1H3,(H2,12,13)(H,14,15). The van der Waals surface area contributed by atoms with Crippen LogP contribution in [0.2, 0.25) is 0 Å². The van der Waals surface area contributed by atoms with E-state index in [-0.39, 0.29) is 10.0 Å². The number of aromatic carboxylic acids is 1. The first-order valence-corrected chi connectivity index (χ1v) is 5.46. The number of carboxylic acid groups (broad SMARTS) is 1. The smallest absolute Gasteiger partial charge is 0.348 e. The maximum absolute atomic E-state index is 11.0. The third-order valence-electron chi connectivity index (χ3n) is 2.16. The second-order valence-corrected chi connectivity index (χ2v) is 4.43. The lowest BCUT2D eigenvalue weighted by molar-refractivity contribution is 0.0702. The molecular weight excluding hydrogens is 224 g/mol. The highest BCUT2D eigenvalue weighted by atomic mass is 32.1. The molecule has 0 radical (unpaired) electrons. The van der Waals surface area contributed by atoms with Crippen molar-refractivity contribution in [3.63, 3.8) is 0 Å². The molecule has 1 heterocycles. The molecule has 0 amide bonds. The van der Waals surface area contributed by atoms with Gasteiger partial charge in [0.2, 0.25) is 0 Å². The first-order chi connectivity index (χ1) is 7.58. The van der Waals surface area contributed by atoms with Crippen molar-refractivity contribution < 1.29 is 9.90 Å². The molecule has 1 aromatic carbocycles. The van der Waals surface area contributed by atoms with E-state index in [1.807, 2.05) is 31.2 Å². The normalized spacial score (nSPS) is 10.3. The Morgan fingerprint density at radius 1 is 1.38 bits per heavy atom. The Hall–Kier alpha value is -1.88. The molecule has 0 saturated heterocycles. The van der Waals surface area contributed by atoms with Crippen LogP contribution in [-0.2, 0) is 0 Å². The van der Waals surface area contributed by atoms with Gasteiger partial charge in [0.05, 0.1) is 5.69 Å². The van der Waals surface area contributed by atoms with Crippen molar-refractivity contribution in [3.8, 4) is 11.3 Å². The summed E-state index contributed by atoms with van der Waals surface area (Å²) >= 11 is 0.989. The van der Waals surface area contributed by atoms with Gasteiger partial charge in [0.25, 0.3) is 0 Å². The molecule has 0 aliphatic rings. The number of rotatable bonds is 2. The number of anilines is 1. The maximum atomic E-state index is 11.0. The van der Waals surface area contributed by atoms with Crippen molar-refractivity contribution in [2.24, 2.45) is 0 Å². The van der Waals surface area contributed by atoms with E-state index >= 15 is 0 Å². The van der Waals surface area contributed by atoms with Gasteiger partial charge in [-0.05, 0) is 6.92 Å². The Bertz CT molecular complexity index is 531. The first-order valence-electron chi connectivity index (χ1n) is 4.64. The summed E-state index contributed by atoms with van der Waals surface area (Å²) in [5, 5.41) is 9.28. The minimum absolute atomic E-state index is 0.182. The molecule has 2 rings (SSSR count). The molecule has 0 spiro atoms. The number of nitrogens with two attached hydrogens (primary N) is 1. The summed E-state index contributed by atoms with van der Waals surface area (Å²) in [6.45, 7) is 1.97. The Morgan fingerprint density at radius 2 is 2.00 bits per heavy atom. The van der Waals surface area contributed by atoms with Gasteiger partial charge in [0.15, 0.2) is 5.13 Å². The van der Waals surface area contributed by atoms with E-state index in [0.29, 0.717) is 5.69 Å². The highest BCUT2D eigenvalue weighted by Gasteiger charge is 2.17. The second kappa shape index (κ2) is 3.94. The number of nitrogens with zero attached hydrogens (tertiary/aromatic N) is 1. The number of carbonyl (C=O) groups is 1. The average molecular weight is 234 g/mol. The number of nitrogen functional groups attached to an aromatic ring is 1. The van der Waals surface area contributed by atoms with Gasteiger partial charge in [0.1, 0.15) is 4.88 Å². The molecule has 0 saturated carbocycles. The molecule has 0 unspecified atom stereocenters. The van der Waals surface area contributed by atoms with Crippen LogP contribution in [0.25, 0.3) is 11.3 Å². The molecule has 2 aromatic rings. The number of aromatic nitrogens is 1. The van der Waals surface area contributed by atoms with E-state index < -0.39 is 5.97 Å². The zero-order valence-electron chi connectivity index (χ0n) is 8.60. The minimum atomic E-state index is -0.996. The molecule has 1 aromatic heterocycles. The molecule has 3 N–H and O–H groups in total. The van der Waals surface area contributed by atoms with Crippen molar-refractivity contribution in [1.82, 2.24) is 4.98 Å². The monoisotopic (exact) mass is 234 g/mol. The fourth-order valence-electron chi connectivity index (χ4n) is 1.39. The molecule has 16 heavy (non-hydrogen) atoms. The van der Waals surface area contributed by atoms with Crippen LogP contribution in [0, 0.1) is 6.92 Å². The fraction of sp³-hybridized carbons (Fsp3) is 0.0909. The quantitative estimate of drug-likeness (QED) is 0.836. The van der Waals surface area contributed by atoms with Crippen LogP contribution in [-0.4, -0.2) is 16.1 Å². The topological polar surface area (TPSA) is 76.2 Å². The van der Waals surface area contributed by atoms with Gasteiger partial charge in [0, 0.05) is 5.56 Å². The first kappa shape index (κ1) is 10.6. The number of carboxylic acids is 1. The van der Waals surface area contributed by atoms with Crippen LogP contribution >= 0.6 is 11.3 Å². The summed E-state index contributed by atoms with van der Waals surface area (Å²) < 4.78 is 0. The van der Waals surface area contributed by atoms with Crippen LogP contribution in [0.5, 0.6) is 0 Å². The average Bonchev–Trinajstić information content (AvgIpc) is 2.61. The van der Waals surface area contributed by atoms with Gasteiger partial charge in [-0.25, -0.2) is 9.78 Å². The molecule has 0 atom stereocenters. The molecular formula is C11H10N2O2S. The highest BCUT2D eigenvalue weighted by Crippen LogP contribution is 2.29. The summed E-state index contributed by atoms with van der Waals surface area (Å²) in [6, 6.07) is 7.51. The number of benzene rings is 1. The predicted molar refractivity (Wildman–Crippen MR) is 63.7 cm³/mol. The number of thiazole rings is 1. The zero-order chi connectivity index (χ0) is 11.7. The van der Waals surface area contributed by atoms with Crippen molar-refractivity contribution in [2.45, 2.75) is 6.92 Å². The van der Waals surface area contributed by atoms with Gasteiger partial charge in [-0.1, -0.05) is 41.2 Å². The Morgan fingerprint density at radius 3 is 2.56 bits per heavy atom. The second-order valence-electron chi connectivity index (χ2n) is 3.40. The van der Waals surface area contributed by atoms with Gasteiger partial charge < -0.3 is 10.8 Å². The summed E-state index contributed by atoms with van der Waals surface area (Å²) in [5.74, 6) is -0.996. The summed E-state index contributed by atoms with van der Waals surface area (Å²) in [5.41, 5.74) is 7.86. The largest absolute Gasteiger partial charge is 0.477 e. The third kappa shape index (κ3) is 1.90. The van der Waals surface area contributed by atoms with Crippen LogP contribution in [0.4, 0.5) is 5.13 Å². The van der Waals surface area contributed by atoms with Gasteiger partial charge in [-0.3, -0.25) is 0 Å². The lowest BCUT2D eigenvalue weighted by atomic mass is 10.1. The van der Waals surface area contributed by atoms with E-state index in [2.05, 4.69) is 4.98 Å². The SMILES string of the molecule is Cc1ccc(-c2nc(N)sc2C(=O)O)cc1. The lowest BCUT2D eigenvalue weighted by Gasteiger charge is -1.99. The summed E-state index contributed by atoms with van der Waals surface area (Å²) in [4.78, 5) is 15.2. The molecule has 0 bridgehead atoms. The highest BCUT2D eigenvalue weighted by molar-refractivity contribution is 7.17. The molecule has 0 fully saturated rings. The lowest BCUT2D eigenvalue weighted by Crippen LogP contribution is -1.95. The molecule has 82 valence electrons. The molecule has 0 aliphatic heterocycles. The predicted octanol–water partition coefficient (Wildman–Crippen LogP) is 2.40. The molecule has 5 heteroatoms. The van der Waals surface area contributed by atoms with Crippen molar-refractivity contribution in [2.75, 3.05) is 5.73 Å². The van der Waals surface area contributed by atoms with Gasteiger partial charge in [-0.15, -0.1) is 0 Å². The van der Waals surface area contributed by atoms with E-state index in [9.17, 15) is 4.79 Å². The Balaban J connectivity index is 2.55. The number of hydrogen-bond acceptors (Lipinski definition) is 4. The van der Waals surface area contributed by atoms with Crippen molar-refractivity contribution >= 4 is 22.4 Å². The fourth-order valence-corrected chi connectivity index (χ4v) is 2.08. The summed E-state index contributed by atoms with van der Waals surface area (Å²) in [7, 11) is 0. The molecule has 4 nitrogen and oxygen atoms in total. The van der Waals surface area contributed by atoms with E-state index in [1.165, 1.54) is 0 Å². The molecule has 0 aliphatic carbocycles. The van der Waals surface area contributed by atoms with Gasteiger partial charge >= 0.3 is 5.97 Å². The Kier molecular flexibility index (Phi) is 2.62. The van der Waals surface area contributed by atoms with Crippen LogP contribution in [0.3, 0.4) is 0 Å². The van der Waals surface area contributed by atoms with Gasteiger partial charge in [-0.2, -0.15) is 0 Å². The van der Waals surface area contributed by atoms with E-state index in [4.69, 9.17) is 10.8 Å². The Labute approximate surface area is 96.4 Å². The number of aryl methyl sites for hydroxylation is 1. The van der Waals surface area contributed by atoms with Crippen LogP contribution < -0.4 is 5.73 Å². The maximum Gasteiger partial charge on any atom is 0.348 e. The van der Waals surface area contributed by atoms with Crippen molar-refractivity contribution in [1.29, 1.82) is 0 Å². The minimum Gasteiger partial charge on any atom is -0.477 e. The van der Waals surface area contributed by atoms with E-state index in [0.717, 1.165) is 22.5 Å². The van der Waals surface area contributed by atoms with Crippen molar-refractivity contribution in [3.05, 3.63) is 34.7 Å². The number of hydrogen-bond donors (Lipinski definition) is 2. The third-order valence-corrected chi connectivity index (χ3v) is 3.04. The summed E-state index contributed by atoms with van der Waals surface area (Å²) in [6.07, 6.45) is 0. The zero-order valence-corrected chi connectivity index (χ0v) is 9.41. The van der Waals surface area contributed by atoms with Crippen LogP contribution in [0.15, 0.2) is 24.3 Å². The van der Waals surface area contributed by atoms with E-state index in [1.54, 1.807) is 0 Å². The van der Waals surface area contributed by atoms with Crippen LogP contribution in [0.1, 0.15) is 15.2 Å².